The maximum atomic E-state index is 6.02. The molecule has 0 amide bonds. The summed E-state index contributed by atoms with van der Waals surface area (Å²) in [7, 11) is 3.92. The zero-order valence-electron chi connectivity index (χ0n) is 13.6. The smallest absolute Gasteiger partial charge is 0.122 e. The summed E-state index contributed by atoms with van der Waals surface area (Å²) < 4.78 is 5.42. The van der Waals surface area contributed by atoms with Gasteiger partial charge in [0.15, 0.2) is 0 Å². The van der Waals surface area contributed by atoms with E-state index in [1.54, 1.807) is 7.11 Å². The molecule has 0 radical (unpaired) electrons. The predicted octanol–water partition coefficient (Wildman–Crippen LogP) is 3.08. The number of hydrogen-bond donors (Lipinski definition) is 1. The van der Waals surface area contributed by atoms with Gasteiger partial charge >= 0.3 is 0 Å². The third kappa shape index (κ3) is 5.93. The highest BCUT2D eigenvalue weighted by Gasteiger charge is 2.14. The van der Waals surface area contributed by atoms with Crippen LogP contribution in [0.1, 0.15) is 39.2 Å². The van der Waals surface area contributed by atoms with E-state index in [0.29, 0.717) is 6.04 Å². The Kier molecular flexibility index (Phi) is 6.50. The molecule has 3 heteroatoms. The summed E-state index contributed by atoms with van der Waals surface area (Å²) in [6, 6.07) is 8.75. The van der Waals surface area contributed by atoms with Crippen molar-refractivity contribution >= 4 is 0 Å². The summed E-state index contributed by atoms with van der Waals surface area (Å²) in [4.78, 5) is 2.40. The van der Waals surface area contributed by atoms with E-state index in [1.165, 1.54) is 5.56 Å². The molecule has 3 nitrogen and oxygen atoms in total. The second-order valence-corrected chi connectivity index (χ2v) is 6.44. The summed E-state index contributed by atoms with van der Waals surface area (Å²) in [5.74, 6) is 0.982. The van der Waals surface area contributed by atoms with Gasteiger partial charge in [-0.05, 0) is 65.3 Å². The SMILES string of the molecule is COc1ccccc1CC(C)N(C)CCCC(C)(C)N. The Balaban J connectivity index is 2.47. The molecular weight excluding hydrogens is 248 g/mol. The van der Waals surface area contributed by atoms with E-state index in [-0.39, 0.29) is 5.54 Å². The quantitative estimate of drug-likeness (QED) is 0.794. The molecule has 0 fully saturated rings. The predicted molar refractivity (Wildman–Crippen MR) is 86.3 cm³/mol. The normalized spacial score (nSPS) is 13.6. The Labute approximate surface area is 124 Å². The molecule has 1 rings (SSSR count). The van der Waals surface area contributed by atoms with Gasteiger partial charge in [-0.1, -0.05) is 18.2 Å². The van der Waals surface area contributed by atoms with Crippen LogP contribution in [0, 0.1) is 0 Å². The van der Waals surface area contributed by atoms with Crippen molar-refractivity contribution in [1.29, 1.82) is 0 Å². The standard InChI is InChI=1S/C17H30N2O/c1-14(19(4)12-8-11-17(2,3)18)13-15-9-6-7-10-16(15)20-5/h6-7,9-10,14H,8,11-13,18H2,1-5H3. The van der Waals surface area contributed by atoms with E-state index < -0.39 is 0 Å². The second kappa shape index (κ2) is 7.65. The number of nitrogens with two attached hydrogens (primary N) is 1. The molecule has 0 bridgehead atoms. The molecule has 2 N–H and O–H groups in total. The molecule has 0 aliphatic carbocycles. The molecule has 0 heterocycles. The molecule has 20 heavy (non-hydrogen) atoms. The molecule has 1 atom stereocenters. The van der Waals surface area contributed by atoms with Crippen LogP contribution in [0.25, 0.3) is 0 Å². The highest BCUT2D eigenvalue weighted by Crippen LogP contribution is 2.20. The largest absolute Gasteiger partial charge is 0.496 e. The van der Waals surface area contributed by atoms with Gasteiger partial charge < -0.3 is 15.4 Å². The monoisotopic (exact) mass is 278 g/mol. The highest BCUT2D eigenvalue weighted by atomic mass is 16.5. The summed E-state index contributed by atoms with van der Waals surface area (Å²) >= 11 is 0. The fraction of sp³-hybridized carbons (Fsp3) is 0.647. The molecule has 1 unspecified atom stereocenters. The number of methoxy groups -OCH3 is 1. The fourth-order valence-electron chi connectivity index (χ4n) is 2.35. The first-order chi connectivity index (χ1) is 9.33. The number of ether oxygens (including phenoxy) is 1. The van der Waals surface area contributed by atoms with Crippen molar-refractivity contribution in [2.75, 3.05) is 20.7 Å². The number of likely N-dealkylation sites (N-methyl/N-ethyl adjacent to an activating group) is 1. The topological polar surface area (TPSA) is 38.5 Å². The van der Waals surface area contributed by atoms with Gasteiger partial charge in [0.1, 0.15) is 5.75 Å². The minimum absolute atomic E-state index is 0.0628. The molecular formula is C17H30N2O. The van der Waals surface area contributed by atoms with Gasteiger partial charge in [-0.3, -0.25) is 0 Å². The lowest BCUT2D eigenvalue weighted by Crippen LogP contribution is -2.35. The Morgan fingerprint density at radius 2 is 1.95 bits per heavy atom. The van der Waals surface area contributed by atoms with Crippen molar-refractivity contribution in [3.05, 3.63) is 29.8 Å². The third-order valence-corrected chi connectivity index (χ3v) is 3.79. The first-order valence-corrected chi connectivity index (χ1v) is 7.44. The van der Waals surface area contributed by atoms with E-state index in [0.717, 1.165) is 31.6 Å². The van der Waals surface area contributed by atoms with Gasteiger partial charge in [0.25, 0.3) is 0 Å². The summed E-state index contributed by atoms with van der Waals surface area (Å²) in [5, 5.41) is 0. The molecule has 0 aromatic heterocycles. The van der Waals surface area contributed by atoms with Crippen molar-refractivity contribution in [3.63, 3.8) is 0 Å². The van der Waals surface area contributed by atoms with E-state index >= 15 is 0 Å². The zero-order valence-corrected chi connectivity index (χ0v) is 13.6. The number of hydrogen-bond acceptors (Lipinski definition) is 3. The molecule has 0 aliphatic heterocycles. The minimum atomic E-state index is -0.0628. The molecule has 0 saturated carbocycles. The fourth-order valence-corrected chi connectivity index (χ4v) is 2.35. The van der Waals surface area contributed by atoms with Crippen LogP contribution in [-0.2, 0) is 6.42 Å². The van der Waals surface area contributed by atoms with Crippen molar-refractivity contribution in [3.8, 4) is 5.75 Å². The van der Waals surface area contributed by atoms with Gasteiger partial charge in [-0.25, -0.2) is 0 Å². The van der Waals surface area contributed by atoms with Crippen LogP contribution in [-0.4, -0.2) is 37.2 Å². The lowest BCUT2D eigenvalue weighted by molar-refractivity contribution is 0.242. The molecule has 1 aromatic rings. The molecule has 114 valence electrons. The summed E-state index contributed by atoms with van der Waals surface area (Å²) in [5.41, 5.74) is 7.23. The van der Waals surface area contributed by atoms with Crippen LogP contribution in [0.4, 0.5) is 0 Å². The summed E-state index contributed by atoms with van der Waals surface area (Å²) in [6.45, 7) is 7.52. The lowest BCUT2D eigenvalue weighted by Gasteiger charge is -2.27. The average Bonchev–Trinajstić information content (AvgIpc) is 2.37. The van der Waals surface area contributed by atoms with Crippen molar-refractivity contribution in [1.82, 2.24) is 4.90 Å². The maximum Gasteiger partial charge on any atom is 0.122 e. The van der Waals surface area contributed by atoms with E-state index in [2.05, 4.69) is 44.9 Å². The van der Waals surface area contributed by atoms with Gasteiger partial charge in [0, 0.05) is 11.6 Å². The molecule has 0 saturated heterocycles. The molecule has 1 aromatic carbocycles. The van der Waals surface area contributed by atoms with Gasteiger partial charge in [0.05, 0.1) is 7.11 Å². The lowest BCUT2D eigenvalue weighted by atomic mass is 9.99. The first-order valence-electron chi connectivity index (χ1n) is 7.44. The molecule has 0 aliphatic rings. The van der Waals surface area contributed by atoms with Crippen LogP contribution in [0.15, 0.2) is 24.3 Å². The zero-order chi connectivity index (χ0) is 15.2. The Morgan fingerprint density at radius 3 is 2.55 bits per heavy atom. The molecule has 0 spiro atoms. The van der Waals surface area contributed by atoms with Crippen LogP contribution in [0.2, 0.25) is 0 Å². The van der Waals surface area contributed by atoms with Crippen molar-refractivity contribution < 1.29 is 4.74 Å². The van der Waals surface area contributed by atoms with Crippen molar-refractivity contribution in [2.24, 2.45) is 5.73 Å². The highest BCUT2D eigenvalue weighted by molar-refractivity contribution is 5.33. The Morgan fingerprint density at radius 1 is 1.30 bits per heavy atom. The first kappa shape index (κ1) is 17.0. The minimum Gasteiger partial charge on any atom is -0.496 e. The average molecular weight is 278 g/mol. The van der Waals surface area contributed by atoms with Crippen LogP contribution in [0.3, 0.4) is 0 Å². The summed E-state index contributed by atoms with van der Waals surface area (Å²) in [6.07, 6.45) is 3.20. The number of nitrogens with zero attached hydrogens (tertiary/aromatic N) is 1. The second-order valence-electron chi connectivity index (χ2n) is 6.44. The number of benzene rings is 1. The Bertz CT molecular complexity index is 398. The number of rotatable bonds is 8. The van der Waals surface area contributed by atoms with Crippen molar-refractivity contribution in [2.45, 2.75) is 51.6 Å². The maximum absolute atomic E-state index is 6.02. The van der Waals surface area contributed by atoms with Gasteiger partial charge in [0.2, 0.25) is 0 Å². The van der Waals surface area contributed by atoms with Crippen LogP contribution in [0.5, 0.6) is 5.75 Å². The van der Waals surface area contributed by atoms with E-state index in [9.17, 15) is 0 Å². The van der Waals surface area contributed by atoms with E-state index in [4.69, 9.17) is 10.5 Å². The van der Waals surface area contributed by atoms with Gasteiger partial charge in [-0.2, -0.15) is 0 Å². The van der Waals surface area contributed by atoms with E-state index in [1.807, 2.05) is 12.1 Å². The van der Waals surface area contributed by atoms with Crippen LogP contribution >= 0.6 is 0 Å². The van der Waals surface area contributed by atoms with Gasteiger partial charge in [-0.15, -0.1) is 0 Å². The number of para-hydroxylation sites is 1. The Hall–Kier alpha value is -1.06. The van der Waals surface area contributed by atoms with Crippen LogP contribution < -0.4 is 10.5 Å². The third-order valence-electron chi connectivity index (χ3n) is 3.79.